The molecule has 96 valence electrons. The summed E-state index contributed by atoms with van der Waals surface area (Å²) < 4.78 is 1.53. The Balaban J connectivity index is 2.21. The lowest BCUT2D eigenvalue weighted by atomic mass is 10.2. The summed E-state index contributed by atoms with van der Waals surface area (Å²) in [4.78, 5) is 16.8. The zero-order valence-corrected chi connectivity index (χ0v) is 10.6. The van der Waals surface area contributed by atoms with Crippen molar-refractivity contribution < 1.29 is 4.79 Å². The van der Waals surface area contributed by atoms with Crippen LogP contribution in [0.2, 0.25) is 0 Å². The van der Waals surface area contributed by atoms with Crippen molar-refractivity contribution >= 4 is 22.6 Å². The molecule has 0 bridgehead atoms. The van der Waals surface area contributed by atoms with Gasteiger partial charge in [-0.2, -0.15) is 5.10 Å². The highest BCUT2D eigenvalue weighted by Crippen LogP contribution is 2.20. The van der Waals surface area contributed by atoms with Crippen LogP contribution in [-0.2, 0) is 0 Å². The van der Waals surface area contributed by atoms with Gasteiger partial charge in [0.25, 0.3) is 5.91 Å². The molecule has 2 heterocycles. The van der Waals surface area contributed by atoms with Crippen molar-refractivity contribution in [3.63, 3.8) is 0 Å². The van der Waals surface area contributed by atoms with Crippen LogP contribution in [0.5, 0.6) is 0 Å². The summed E-state index contributed by atoms with van der Waals surface area (Å²) in [6.45, 7) is 3.63. The number of nitrogen functional groups attached to an aromatic ring is 1. The number of H-pyrrole nitrogens is 1. The first-order valence-electron chi connectivity index (χ1n) is 5.87. The minimum Gasteiger partial charge on any atom is -0.399 e. The van der Waals surface area contributed by atoms with Crippen molar-refractivity contribution in [1.29, 1.82) is 0 Å². The van der Waals surface area contributed by atoms with Gasteiger partial charge in [0, 0.05) is 11.4 Å². The minimum atomic E-state index is -0.213. The largest absolute Gasteiger partial charge is 0.399 e. The van der Waals surface area contributed by atoms with Gasteiger partial charge >= 0.3 is 0 Å². The lowest BCUT2D eigenvalue weighted by Gasteiger charge is -2.03. The van der Waals surface area contributed by atoms with Gasteiger partial charge in [-0.05, 0) is 38.1 Å². The number of rotatable bonds is 1. The highest BCUT2D eigenvalue weighted by Gasteiger charge is 2.18. The fourth-order valence-electron chi connectivity index (χ4n) is 2.11. The normalized spacial score (nSPS) is 11.1. The Morgan fingerprint density at radius 1 is 1.32 bits per heavy atom. The number of aromatic amines is 1. The van der Waals surface area contributed by atoms with Gasteiger partial charge in [-0.25, -0.2) is 4.98 Å². The van der Waals surface area contributed by atoms with Crippen molar-refractivity contribution in [3.05, 3.63) is 41.5 Å². The molecule has 0 aliphatic carbocycles. The lowest BCUT2D eigenvalue weighted by molar-refractivity contribution is 0.0957. The molecule has 0 spiro atoms. The smallest absolute Gasteiger partial charge is 0.284 e. The van der Waals surface area contributed by atoms with Gasteiger partial charge in [-0.3, -0.25) is 14.5 Å². The number of fused-ring (bicyclic) bond motifs is 1. The molecule has 6 nitrogen and oxygen atoms in total. The summed E-state index contributed by atoms with van der Waals surface area (Å²) >= 11 is 0. The first-order valence-corrected chi connectivity index (χ1v) is 5.87. The van der Waals surface area contributed by atoms with Gasteiger partial charge in [0.05, 0.1) is 11.0 Å². The maximum atomic E-state index is 12.5. The highest BCUT2D eigenvalue weighted by molar-refractivity contribution is 6.00. The van der Waals surface area contributed by atoms with Crippen molar-refractivity contribution in [2.24, 2.45) is 0 Å². The minimum absolute atomic E-state index is 0.213. The predicted molar refractivity (Wildman–Crippen MR) is 71.9 cm³/mol. The van der Waals surface area contributed by atoms with Crippen molar-refractivity contribution in [1.82, 2.24) is 19.7 Å². The van der Waals surface area contributed by atoms with Gasteiger partial charge in [0.2, 0.25) is 0 Å². The number of nitrogens with zero attached hydrogens (tertiary/aromatic N) is 3. The number of anilines is 1. The third-order valence-corrected chi connectivity index (χ3v) is 2.97. The fourth-order valence-corrected chi connectivity index (χ4v) is 2.11. The van der Waals surface area contributed by atoms with Crippen LogP contribution in [0, 0.1) is 13.8 Å². The lowest BCUT2D eigenvalue weighted by Crippen LogP contribution is -2.14. The number of carbonyl (C=O) groups excluding carboxylic acids is 1. The maximum Gasteiger partial charge on any atom is 0.284 e. The van der Waals surface area contributed by atoms with Crippen LogP contribution in [0.3, 0.4) is 0 Å². The van der Waals surface area contributed by atoms with Gasteiger partial charge in [0.15, 0.2) is 5.69 Å². The average molecular weight is 255 g/mol. The Hall–Kier alpha value is -2.63. The number of carbonyl (C=O) groups is 1. The summed E-state index contributed by atoms with van der Waals surface area (Å²) in [5.74, 6) is 0.404. The summed E-state index contributed by atoms with van der Waals surface area (Å²) in [5.41, 5.74) is 9.01. The Kier molecular flexibility index (Phi) is 2.38. The number of nitrogens with two attached hydrogens (primary N) is 1. The average Bonchev–Trinajstić information content (AvgIpc) is 2.91. The summed E-state index contributed by atoms with van der Waals surface area (Å²) in [6, 6.07) is 7.02. The van der Waals surface area contributed by atoms with Crippen molar-refractivity contribution in [2.45, 2.75) is 13.8 Å². The van der Waals surface area contributed by atoms with E-state index in [2.05, 4.69) is 15.2 Å². The molecule has 0 fully saturated rings. The molecule has 0 aliphatic rings. The van der Waals surface area contributed by atoms with E-state index in [-0.39, 0.29) is 5.91 Å². The first-order chi connectivity index (χ1) is 9.06. The molecule has 3 rings (SSSR count). The monoisotopic (exact) mass is 255 g/mol. The number of hydrogen-bond donors (Lipinski definition) is 2. The van der Waals surface area contributed by atoms with E-state index in [9.17, 15) is 4.79 Å². The quantitative estimate of drug-likeness (QED) is 0.647. The zero-order chi connectivity index (χ0) is 13.6. The predicted octanol–water partition coefficient (Wildman–Crippen LogP) is 1.65. The zero-order valence-electron chi connectivity index (χ0n) is 10.6. The number of aryl methyl sites for hydroxylation is 2. The second-order valence-corrected chi connectivity index (χ2v) is 4.48. The number of nitrogens with one attached hydrogen (secondary N) is 1. The molecule has 6 heteroatoms. The Labute approximate surface area is 109 Å². The Morgan fingerprint density at radius 2 is 2.11 bits per heavy atom. The third-order valence-electron chi connectivity index (χ3n) is 2.97. The molecule has 2 aromatic heterocycles. The van der Waals surface area contributed by atoms with E-state index in [0.717, 1.165) is 11.2 Å². The van der Waals surface area contributed by atoms with Crippen LogP contribution in [-0.4, -0.2) is 25.7 Å². The topological polar surface area (TPSA) is 89.6 Å². The number of imidazole rings is 1. The molecule has 1 aromatic carbocycles. The molecule has 3 N–H and O–H groups in total. The summed E-state index contributed by atoms with van der Waals surface area (Å²) in [5, 5.41) is 6.75. The van der Waals surface area contributed by atoms with E-state index in [4.69, 9.17) is 5.73 Å². The molecule has 0 atom stereocenters. The number of aromatic nitrogens is 4. The number of benzene rings is 1. The standard InChI is InChI=1S/C13H13N5O/c1-7-5-11(17-16-7)13(19)18-8(2)15-10-4-3-9(14)6-12(10)18/h3-6H,14H2,1-2H3,(H,16,17). The van der Waals surface area contributed by atoms with Crippen LogP contribution in [0.15, 0.2) is 24.3 Å². The van der Waals surface area contributed by atoms with E-state index in [1.165, 1.54) is 4.57 Å². The van der Waals surface area contributed by atoms with Crippen molar-refractivity contribution in [3.8, 4) is 0 Å². The van der Waals surface area contributed by atoms with E-state index >= 15 is 0 Å². The maximum absolute atomic E-state index is 12.5. The van der Waals surface area contributed by atoms with Gasteiger partial charge in [-0.15, -0.1) is 0 Å². The molecule has 0 aliphatic heterocycles. The molecular weight excluding hydrogens is 242 g/mol. The van der Waals surface area contributed by atoms with Gasteiger partial charge in [-0.1, -0.05) is 0 Å². The molecule has 0 unspecified atom stereocenters. The molecule has 0 radical (unpaired) electrons. The van der Waals surface area contributed by atoms with Crippen LogP contribution in [0.25, 0.3) is 11.0 Å². The van der Waals surface area contributed by atoms with E-state index in [1.807, 2.05) is 6.92 Å². The molecular formula is C13H13N5O. The van der Waals surface area contributed by atoms with Crippen LogP contribution < -0.4 is 5.73 Å². The second-order valence-electron chi connectivity index (χ2n) is 4.48. The van der Waals surface area contributed by atoms with E-state index in [0.29, 0.717) is 22.7 Å². The molecule has 0 saturated heterocycles. The fraction of sp³-hybridized carbons (Fsp3) is 0.154. The third kappa shape index (κ3) is 1.77. The van der Waals surface area contributed by atoms with E-state index < -0.39 is 0 Å². The molecule has 0 saturated carbocycles. The number of hydrogen-bond acceptors (Lipinski definition) is 4. The Morgan fingerprint density at radius 3 is 2.79 bits per heavy atom. The highest BCUT2D eigenvalue weighted by atomic mass is 16.2. The molecule has 0 amide bonds. The summed E-state index contributed by atoms with van der Waals surface area (Å²) in [6.07, 6.45) is 0. The second kappa shape index (κ2) is 3.94. The molecule has 3 aromatic rings. The van der Waals surface area contributed by atoms with Crippen molar-refractivity contribution in [2.75, 3.05) is 5.73 Å². The van der Waals surface area contributed by atoms with Gasteiger partial charge < -0.3 is 5.73 Å². The Bertz CT molecular complexity index is 784. The van der Waals surface area contributed by atoms with Crippen LogP contribution in [0.1, 0.15) is 22.0 Å². The van der Waals surface area contributed by atoms with Crippen LogP contribution >= 0.6 is 0 Å². The van der Waals surface area contributed by atoms with Gasteiger partial charge in [0.1, 0.15) is 5.82 Å². The van der Waals surface area contributed by atoms with E-state index in [1.54, 1.807) is 31.2 Å². The molecule has 19 heavy (non-hydrogen) atoms. The summed E-state index contributed by atoms with van der Waals surface area (Å²) in [7, 11) is 0. The van der Waals surface area contributed by atoms with Crippen LogP contribution in [0.4, 0.5) is 5.69 Å². The SMILES string of the molecule is Cc1cc(C(=O)n2c(C)nc3ccc(N)cc32)n[nH]1. The first kappa shape index (κ1) is 11.5.